The lowest BCUT2D eigenvalue weighted by molar-refractivity contribution is 0.173. The van der Waals surface area contributed by atoms with Crippen molar-refractivity contribution in [3.05, 3.63) is 52.8 Å². The molecule has 1 aliphatic heterocycles. The molecule has 4 rings (SSSR count). The maximum Gasteiger partial charge on any atom is 0.318 e. The van der Waals surface area contributed by atoms with Gasteiger partial charge in [0.2, 0.25) is 6.79 Å². The fraction of sp³-hybridized carbons (Fsp3) is 0.429. The van der Waals surface area contributed by atoms with Gasteiger partial charge in [-0.1, -0.05) is 12.1 Å². The molecule has 0 fully saturated rings. The molecule has 27 heavy (non-hydrogen) atoms. The van der Waals surface area contributed by atoms with Crippen LogP contribution in [0.2, 0.25) is 0 Å². The van der Waals surface area contributed by atoms with E-state index >= 15 is 0 Å². The Bertz CT molecular complexity index is 837. The Morgan fingerprint density at radius 3 is 2.89 bits per heavy atom. The van der Waals surface area contributed by atoms with Gasteiger partial charge in [-0.15, -0.1) is 0 Å². The minimum Gasteiger partial charge on any atom is -0.454 e. The van der Waals surface area contributed by atoms with Crippen LogP contribution in [-0.4, -0.2) is 29.3 Å². The number of nitrogens with zero attached hydrogens (tertiary/aromatic N) is 2. The summed E-state index contributed by atoms with van der Waals surface area (Å²) in [7, 11) is 0. The zero-order valence-electron chi connectivity index (χ0n) is 15.7. The number of fused-ring (bicyclic) bond motifs is 2. The van der Waals surface area contributed by atoms with E-state index in [1.165, 1.54) is 24.1 Å². The molecular formula is C21H25N3O3. The summed E-state index contributed by atoms with van der Waals surface area (Å²) in [6.07, 6.45) is 4.61. The van der Waals surface area contributed by atoms with Crippen LogP contribution < -0.4 is 14.8 Å². The number of nitrogens with one attached hydrogen (secondary N) is 1. The van der Waals surface area contributed by atoms with Crippen molar-refractivity contribution in [2.24, 2.45) is 0 Å². The summed E-state index contributed by atoms with van der Waals surface area (Å²) in [4.78, 5) is 19.1. The summed E-state index contributed by atoms with van der Waals surface area (Å²) >= 11 is 0. The predicted molar refractivity (Wildman–Crippen MR) is 102 cm³/mol. The van der Waals surface area contributed by atoms with Crippen LogP contribution in [0.3, 0.4) is 0 Å². The van der Waals surface area contributed by atoms with Crippen molar-refractivity contribution in [2.45, 2.75) is 45.7 Å². The fourth-order valence-corrected chi connectivity index (χ4v) is 3.59. The Morgan fingerprint density at radius 1 is 1.15 bits per heavy atom. The third-order valence-electron chi connectivity index (χ3n) is 5.14. The van der Waals surface area contributed by atoms with E-state index < -0.39 is 0 Å². The lowest BCUT2D eigenvalue weighted by Gasteiger charge is -2.22. The average molecular weight is 367 g/mol. The third-order valence-corrected chi connectivity index (χ3v) is 5.14. The standard InChI is InChI=1S/C21H25N3O3/c1-2-24(13-15-7-10-19-20(11-15)27-14-26-19)21(25)22-12-17-9-8-16-5-3-4-6-18(16)23-17/h7-11H,2-6,12-14H2,1H3,(H,22,25). The van der Waals surface area contributed by atoms with E-state index in [9.17, 15) is 4.79 Å². The highest BCUT2D eigenvalue weighted by atomic mass is 16.7. The molecule has 0 atom stereocenters. The number of urea groups is 1. The molecule has 1 aromatic heterocycles. The van der Waals surface area contributed by atoms with Crippen molar-refractivity contribution >= 4 is 6.03 Å². The number of aryl methyl sites for hydroxylation is 2. The molecule has 0 bridgehead atoms. The minimum atomic E-state index is -0.0883. The summed E-state index contributed by atoms with van der Waals surface area (Å²) in [5, 5.41) is 3.00. The number of aromatic nitrogens is 1. The summed E-state index contributed by atoms with van der Waals surface area (Å²) < 4.78 is 10.8. The summed E-state index contributed by atoms with van der Waals surface area (Å²) in [6.45, 7) is 3.83. The van der Waals surface area contributed by atoms with Gasteiger partial charge >= 0.3 is 6.03 Å². The van der Waals surface area contributed by atoms with Crippen molar-refractivity contribution in [3.8, 4) is 11.5 Å². The molecule has 2 aliphatic rings. The Labute approximate surface area is 159 Å². The van der Waals surface area contributed by atoms with Crippen LogP contribution in [-0.2, 0) is 25.9 Å². The van der Waals surface area contributed by atoms with Gasteiger partial charge in [0.15, 0.2) is 11.5 Å². The Balaban J connectivity index is 1.36. The molecule has 1 aromatic carbocycles. The molecule has 0 unspecified atom stereocenters. The average Bonchev–Trinajstić information content (AvgIpc) is 3.18. The van der Waals surface area contributed by atoms with Crippen molar-refractivity contribution in [1.29, 1.82) is 0 Å². The molecule has 2 heterocycles. The molecule has 0 spiro atoms. The van der Waals surface area contributed by atoms with Gasteiger partial charge in [-0.3, -0.25) is 4.98 Å². The summed E-state index contributed by atoms with van der Waals surface area (Å²) in [6, 6.07) is 9.89. The second-order valence-corrected chi connectivity index (χ2v) is 6.98. The lowest BCUT2D eigenvalue weighted by atomic mass is 9.96. The first-order valence-corrected chi connectivity index (χ1v) is 9.62. The Kier molecular flexibility index (Phi) is 5.14. The van der Waals surface area contributed by atoms with Crippen LogP contribution in [0.4, 0.5) is 4.79 Å². The third kappa shape index (κ3) is 3.99. The van der Waals surface area contributed by atoms with Crippen LogP contribution >= 0.6 is 0 Å². The molecule has 1 aliphatic carbocycles. The van der Waals surface area contributed by atoms with E-state index in [0.717, 1.165) is 35.6 Å². The zero-order valence-corrected chi connectivity index (χ0v) is 15.7. The molecule has 0 saturated heterocycles. The van der Waals surface area contributed by atoms with Gasteiger partial charge in [-0.25, -0.2) is 4.79 Å². The van der Waals surface area contributed by atoms with Gasteiger partial charge in [0.05, 0.1) is 12.2 Å². The fourth-order valence-electron chi connectivity index (χ4n) is 3.59. The second-order valence-electron chi connectivity index (χ2n) is 6.98. The number of carbonyl (C=O) groups is 1. The number of benzene rings is 1. The number of hydrogen-bond donors (Lipinski definition) is 1. The van der Waals surface area contributed by atoms with Crippen molar-refractivity contribution in [1.82, 2.24) is 15.2 Å². The highest BCUT2D eigenvalue weighted by Gasteiger charge is 2.17. The largest absolute Gasteiger partial charge is 0.454 e. The quantitative estimate of drug-likeness (QED) is 0.879. The highest BCUT2D eigenvalue weighted by Crippen LogP contribution is 2.32. The number of carbonyl (C=O) groups excluding carboxylic acids is 1. The Morgan fingerprint density at radius 2 is 2.00 bits per heavy atom. The van der Waals surface area contributed by atoms with Gasteiger partial charge in [-0.2, -0.15) is 0 Å². The van der Waals surface area contributed by atoms with E-state index in [1.54, 1.807) is 4.90 Å². The molecule has 142 valence electrons. The van der Waals surface area contributed by atoms with E-state index in [0.29, 0.717) is 19.6 Å². The van der Waals surface area contributed by atoms with Crippen LogP contribution in [0.1, 0.15) is 42.3 Å². The highest BCUT2D eigenvalue weighted by molar-refractivity contribution is 5.74. The minimum absolute atomic E-state index is 0.0883. The number of rotatable bonds is 5. The van der Waals surface area contributed by atoms with Gasteiger partial charge in [0.25, 0.3) is 0 Å². The molecule has 6 nitrogen and oxygen atoms in total. The first-order valence-electron chi connectivity index (χ1n) is 9.62. The number of pyridine rings is 1. The Hall–Kier alpha value is -2.76. The van der Waals surface area contributed by atoms with Crippen LogP contribution in [0, 0.1) is 0 Å². The van der Waals surface area contributed by atoms with E-state index in [1.807, 2.05) is 31.2 Å². The molecule has 2 aromatic rings. The first-order chi connectivity index (χ1) is 13.2. The molecule has 0 radical (unpaired) electrons. The normalized spacial score (nSPS) is 14.6. The van der Waals surface area contributed by atoms with E-state index in [-0.39, 0.29) is 12.8 Å². The van der Waals surface area contributed by atoms with Gasteiger partial charge in [0.1, 0.15) is 0 Å². The molecule has 1 N–H and O–H groups in total. The van der Waals surface area contributed by atoms with Crippen molar-refractivity contribution in [2.75, 3.05) is 13.3 Å². The maximum absolute atomic E-state index is 12.6. The predicted octanol–water partition coefficient (Wildman–Crippen LogP) is 3.42. The van der Waals surface area contributed by atoms with Gasteiger partial charge in [0, 0.05) is 18.8 Å². The monoisotopic (exact) mass is 367 g/mol. The zero-order chi connectivity index (χ0) is 18.6. The molecular weight excluding hydrogens is 342 g/mol. The number of ether oxygens (including phenoxy) is 2. The van der Waals surface area contributed by atoms with E-state index in [4.69, 9.17) is 14.5 Å². The summed E-state index contributed by atoms with van der Waals surface area (Å²) in [5.41, 5.74) is 4.49. The first kappa shape index (κ1) is 17.6. The topological polar surface area (TPSA) is 63.7 Å². The molecule has 6 heteroatoms. The molecule has 2 amide bonds. The maximum atomic E-state index is 12.6. The van der Waals surface area contributed by atoms with Gasteiger partial charge < -0.3 is 19.7 Å². The smallest absolute Gasteiger partial charge is 0.318 e. The second kappa shape index (κ2) is 7.86. The van der Waals surface area contributed by atoms with Crippen LogP contribution in [0.15, 0.2) is 30.3 Å². The van der Waals surface area contributed by atoms with Crippen LogP contribution in [0.25, 0.3) is 0 Å². The van der Waals surface area contributed by atoms with Gasteiger partial charge in [-0.05, 0) is 61.9 Å². The summed E-state index contributed by atoms with van der Waals surface area (Å²) in [5.74, 6) is 1.49. The SMILES string of the molecule is CCN(Cc1ccc2c(c1)OCO2)C(=O)NCc1ccc2c(n1)CCCC2. The lowest BCUT2D eigenvalue weighted by Crippen LogP contribution is -2.39. The number of hydrogen-bond acceptors (Lipinski definition) is 4. The van der Waals surface area contributed by atoms with Crippen molar-refractivity contribution < 1.29 is 14.3 Å². The van der Waals surface area contributed by atoms with E-state index in [2.05, 4.69) is 11.4 Å². The van der Waals surface area contributed by atoms with Crippen molar-refractivity contribution in [3.63, 3.8) is 0 Å². The number of amides is 2. The van der Waals surface area contributed by atoms with Crippen LogP contribution in [0.5, 0.6) is 11.5 Å². The molecule has 0 saturated carbocycles.